The molecule has 0 aliphatic heterocycles. The van der Waals surface area contributed by atoms with E-state index in [-0.39, 0.29) is 12.5 Å². The Morgan fingerprint density at radius 2 is 1.66 bits per heavy atom. The molecule has 1 aromatic heterocycles. The third-order valence-corrected chi connectivity index (χ3v) is 5.76. The van der Waals surface area contributed by atoms with E-state index in [0.29, 0.717) is 18.1 Å². The van der Waals surface area contributed by atoms with Crippen LogP contribution in [0.4, 0.5) is 0 Å². The number of hydrogen-bond acceptors (Lipinski definition) is 6. The number of aryl methyl sites for hydroxylation is 2. The first-order valence-electron chi connectivity index (χ1n) is 11.1. The third kappa shape index (κ3) is 5.43. The number of carbonyl (C=O) groups is 1. The van der Waals surface area contributed by atoms with Gasteiger partial charge in [-0.15, -0.1) is 4.74 Å². The number of hydrogen-bond donors (Lipinski definition) is 1. The summed E-state index contributed by atoms with van der Waals surface area (Å²) in [5.41, 5.74) is 6.62. The second-order valence-electron chi connectivity index (χ2n) is 8.39. The molecule has 0 bridgehead atoms. The molecular weight excluding hydrogens is 448 g/mol. The summed E-state index contributed by atoms with van der Waals surface area (Å²) in [5, 5.41) is 0. The molecule has 0 fully saturated rings. The molecule has 8 heteroatoms. The smallest absolute Gasteiger partial charge is 0.440 e. The van der Waals surface area contributed by atoms with Crippen LogP contribution in [-0.2, 0) is 17.9 Å². The van der Waals surface area contributed by atoms with Crippen molar-refractivity contribution in [3.63, 3.8) is 0 Å². The first-order chi connectivity index (χ1) is 16.7. The topological polar surface area (TPSA) is 104 Å². The van der Waals surface area contributed by atoms with Crippen molar-refractivity contribution in [3.05, 3.63) is 103 Å². The summed E-state index contributed by atoms with van der Waals surface area (Å²) in [4.78, 5) is 36.1. The zero-order valence-electron chi connectivity index (χ0n) is 20.0. The maximum Gasteiger partial charge on any atom is 0.440 e. The molecule has 4 aromatic rings. The highest BCUT2D eigenvalue weighted by Gasteiger charge is 2.14. The van der Waals surface area contributed by atoms with Crippen molar-refractivity contribution in [1.82, 2.24) is 9.72 Å². The lowest BCUT2D eigenvalue weighted by molar-refractivity contribution is -0.131. The van der Waals surface area contributed by atoms with E-state index in [1.165, 1.54) is 6.92 Å². The van der Waals surface area contributed by atoms with Gasteiger partial charge in [0.2, 0.25) is 0 Å². The lowest BCUT2D eigenvalue weighted by Gasteiger charge is -2.17. The fourth-order valence-electron chi connectivity index (χ4n) is 4.12. The number of nitrogens with zero attached hydrogens (tertiary/aromatic N) is 1. The lowest BCUT2D eigenvalue weighted by atomic mass is 9.90. The zero-order valence-corrected chi connectivity index (χ0v) is 20.0. The van der Waals surface area contributed by atoms with E-state index in [9.17, 15) is 14.4 Å². The van der Waals surface area contributed by atoms with Crippen molar-refractivity contribution < 1.29 is 18.8 Å². The van der Waals surface area contributed by atoms with E-state index in [1.54, 1.807) is 0 Å². The van der Waals surface area contributed by atoms with Crippen LogP contribution < -0.4 is 20.9 Å². The summed E-state index contributed by atoms with van der Waals surface area (Å²) in [5.74, 6) is 0.100. The number of esters is 1. The summed E-state index contributed by atoms with van der Waals surface area (Å²) in [7, 11) is 0. The van der Waals surface area contributed by atoms with Gasteiger partial charge in [0.1, 0.15) is 18.1 Å². The molecular formula is C27H26N2O6. The standard InChI is InChI=1S/C27H26N2O6/c1-16-12-23(34-19(4)30)13-17(2)25(16)24-7-5-6-21(18(24)3)15-33-22-10-8-20(9-11-22)14-29-26(31)28-27(32)35-29/h5-13H,14-15H2,1-4H3,(H,28,31,32). The number of aromatic amines is 1. The highest BCUT2D eigenvalue weighted by Crippen LogP contribution is 2.34. The number of aromatic nitrogens is 2. The monoisotopic (exact) mass is 474 g/mol. The average molecular weight is 475 g/mol. The molecule has 0 radical (unpaired) electrons. The van der Waals surface area contributed by atoms with Crippen LogP contribution in [0, 0.1) is 20.8 Å². The molecule has 0 aliphatic rings. The van der Waals surface area contributed by atoms with Gasteiger partial charge in [-0.25, -0.2) is 14.6 Å². The highest BCUT2D eigenvalue weighted by molar-refractivity contribution is 5.76. The van der Waals surface area contributed by atoms with Gasteiger partial charge in [0.05, 0.1) is 6.54 Å². The minimum atomic E-state index is -0.779. The molecule has 0 amide bonds. The van der Waals surface area contributed by atoms with Crippen LogP contribution in [-0.4, -0.2) is 15.7 Å². The third-order valence-electron chi connectivity index (χ3n) is 5.76. The predicted octanol–water partition coefficient (Wildman–Crippen LogP) is 4.27. The fourth-order valence-corrected chi connectivity index (χ4v) is 4.12. The molecule has 0 spiro atoms. The normalized spacial score (nSPS) is 10.9. The lowest BCUT2D eigenvalue weighted by Crippen LogP contribution is -2.17. The van der Waals surface area contributed by atoms with Crippen molar-refractivity contribution >= 4 is 5.97 Å². The van der Waals surface area contributed by atoms with Gasteiger partial charge in [0.15, 0.2) is 0 Å². The quantitative estimate of drug-likeness (QED) is 0.317. The zero-order chi connectivity index (χ0) is 25.1. The van der Waals surface area contributed by atoms with Crippen molar-refractivity contribution in [2.24, 2.45) is 0 Å². The van der Waals surface area contributed by atoms with Crippen molar-refractivity contribution in [2.75, 3.05) is 0 Å². The summed E-state index contributed by atoms with van der Waals surface area (Å²) < 4.78 is 17.0. The number of rotatable bonds is 7. The largest absolute Gasteiger partial charge is 0.489 e. The van der Waals surface area contributed by atoms with Gasteiger partial charge in [-0.2, -0.15) is 0 Å². The minimum absolute atomic E-state index is 0.147. The van der Waals surface area contributed by atoms with Gasteiger partial charge in [-0.05, 0) is 84.0 Å². The molecule has 0 aliphatic carbocycles. The molecule has 0 atom stereocenters. The van der Waals surface area contributed by atoms with Crippen LogP contribution >= 0.6 is 0 Å². The Labute approximate surface area is 201 Å². The van der Waals surface area contributed by atoms with Crippen LogP contribution in [0.15, 0.2) is 68.7 Å². The van der Waals surface area contributed by atoms with Crippen LogP contribution in [0.1, 0.15) is 34.7 Å². The van der Waals surface area contributed by atoms with E-state index in [1.807, 2.05) is 62.4 Å². The molecule has 0 saturated heterocycles. The van der Waals surface area contributed by atoms with Gasteiger partial charge in [-0.1, -0.05) is 30.3 Å². The Morgan fingerprint density at radius 1 is 0.971 bits per heavy atom. The van der Waals surface area contributed by atoms with Gasteiger partial charge >= 0.3 is 17.4 Å². The summed E-state index contributed by atoms with van der Waals surface area (Å²) in [6, 6.07) is 17.1. The van der Waals surface area contributed by atoms with E-state index in [4.69, 9.17) is 14.0 Å². The SMILES string of the molecule is CC(=O)Oc1cc(C)c(-c2cccc(COc3ccc(Cn4oc(=O)[nH]c4=O)cc3)c2C)c(C)c1. The molecule has 8 nitrogen and oxygen atoms in total. The number of H-pyrrole nitrogens is 1. The first-order valence-corrected chi connectivity index (χ1v) is 11.1. The predicted molar refractivity (Wildman–Crippen MR) is 131 cm³/mol. The van der Waals surface area contributed by atoms with Crippen molar-refractivity contribution in [2.45, 2.75) is 40.8 Å². The summed E-state index contributed by atoms with van der Waals surface area (Å²) >= 11 is 0. The number of benzene rings is 3. The fraction of sp³-hybridized carbons (Fsp3) is 0.222. The maximum atomic E-state index is 11.6. The Balaban J connectivity index is 1.50. The molecule has 1 N–H and O–H groups in total. The molecule has 0 saturated carbocycles. The molecule has 35 heavy (non-hydrogen) atoms. The number of carbonyl (C=O) groups excluding carboxylic acids is 1. The van der Waals surface area contributed by atoms with E-state index < -0.39 is 11.4 Å². The van der Waals surface area contributed by atoms with E-state index in [0.717, 1.165) is 43.7 Å². The molecule has 1 heterocycles. The van der Waals surface area contributed by atoms with Crippen molar-refractivity contribution in [1.29, 1.82) is 0 Å². The Bertz CT molecular complexity index is 1470. The molecule has 3 aromatic carbocycles. The van der Waals surface area contributed by atoms with Gasteiger partial charge in [0.25, 0.3) is 0 Å². The van der Waals surface area contributed by atoms with Crippen LogP contribution in [0.25, 0.3) is 11.1 Å². The Kier molecular flexibility index (Phi) is 6.73. The first kappa shape index (κ1) is 23.8. The molecule has 4 rings (SSSR count). The summed E-state index contributed by atoms with van der Waals surface area (Å²) in [6.45, 7) is 8.00. The van der Waals surface area contributed by atoms with Gasteiger partial charge < -0.3 is 14.0 Å². The van der Waals surface area contributed by atoms with Gasteiger partial charge in [-0.3, -0.25) is 4.79 Å². The van der Waals surface area contributed by atoms with E-state index in [2.05, 4.69) is 18.0 Å². The number of ether oxygens (including phenoxy) is 2. The number of nitrogens with one attached hydrogen (secondary N) is 1. The summed E-state index contributed by atoms with van der Waals surface area (Å²) in [6.07, 6.45) is 0. The second-order valence-corrected chi connectivity index (χ2v) is 8.39. The van der Waals surface area contributed by atoms with Crippen LogP contribution in [0.3, 0.4) is 0 Å². The van der Waals surface area contributed by atoms with Crippen molar-refractivity contribution in [3.8, 4) is 22.6 Å². The molecule has 180 valence electrons. The average Bonchev–Trinajstić information content (AvgIpc) is 3.10. The van der Waals surface area contributed by atoms with Crippen LogP contribution in [0.5, 0.6) is 11.5 Å². The van der Waals surface area contributed by atoms with Gasteiger partial charge in [0, 0.05) is 6.92 Å². The van der Waals surface area contributed by atoms with E-state index >= 15 is 0 Å². The molecule has 0 unspecified atom stereocenters. The highest BCUT2D eigenvalue weighted by atomic mass is 16.5. The maximum absolute atomic E-state index is 11.6. The Hall–Kier alpha value is -4.33. The second kappa shape index (κ2) is 9.89. The minimum Gasteiger partial charge on any atom is -0.489 e. The van der Waals surface area contributed by atoms with Crippen LogP contribution in [0.2, 0.25) is 0 Å². The Morgan fingerprint density at radius 3 is 2.26 bits per heavy atom.